The Bertz CT molecular complexity index is 530. The summed E-state index contributed by atoms with van der Waals surface area (Å²) in [6, 6.07) is 0. The van der Waals surface area contributed by atoms with Crippen LogP contribution in [0.25, 0.3) is 0 Å². The van der Waals surface area contributed by atoms with Crippen molar-refractivity contribution < 1.29 is 14.9 Å². The molecule has 1 saturated carbocycles. The molecular weight excluding hydrogens is 364 g/mol. The Kier molecular flexibility index (Phi) is 9.67. The molecule has 166 valence electrons. The van der Waals surface area contributed by atoms with Gasteiger partial charge >= 0.3 is 0 Å². The summed E-state index contributed by atoms with van der Waals surface area (Å²) in [4.78, 5) is 2.49. The van der Waals surface area contributed by atoms with E-state index in [0.29, 0.717) is 11.8 Å². The molecule has 2 fully saturated rings. The van der Waals surface area contributed by atoms with Crippen molar-refractivity contribution in [1.82, 2.24) is 10.2 Å². The number of hydrogen-bond donors (Lipinski definition) is 3. The number of rotatable bonds is 12. The van der Waals surface area contributed by atoms with E-state index in [0.717, 1.165) is 71.6 Å². The lowest BCUT2D eigenvalue weighted by Crippen LogP contribution is -2.37. The Labute approximate surface area is 177 Å². The van der Waals surface area contributed by atoms with Crippen LogP contribution in [0.5, 0.6) is 0 Å². The fourth-order valence-electron chi connectivity index (χ4n) is 5.19. The fourth-order valence-corrected chi connectivity index (χ4v) is 5.19. The van der Waals surface area contributed by atoms with Gasteiger partial charge in [0.25, 0.3) is 0 Å². The molecule has 3 rings (SSSR count). The van der Waals surface area contributed by atoms with Gasteiger partial charge in [0.2, 0.25) is 0 Å². The van der Waals surface area contributed by atoms with Gasteiger partial charge in [-0.1, -0.05) is 50.0 Å². The van der Waals surface area contributed by atoms with Crippen molar-refractivity contribution in [3.8, 4) is 0 Å². The fraction of sp³-hybridized carbons (Fsp3) is 0.833. The summed E-state index contributed by atoms with van der Waals surface area (Å²) in [5.41, 5.74) is 1.50. The minimum atomic E-state index is -0.366. The number of nitrogens with one attached hydrogen (secondary N) is 1. The van der Waals surface area contributed by atoms with E-state index in [4.69, 9.17) is 4.74 Å². The molecule has 0 aromatic heterocycles. The van der Waals surface area contributed by atoms with Gasteiger partial charge in [-0.25, -0.2) is 0 Å². The van der Waals surface area contributed by atoms with Crippen molar-refractivity contribution >= 4 is 0 Å². The molecule has 5 nitrogen and oxygen atoms in total. The Balaban J connectivity index is 1.34. The van der Waals surface area contributed by atoms with Gasteiger partial charge in [0.1, 0.15) is 0 Å². The third-order valence-corrected chi connectivity index (χ3v) is 6.89. The Hall–Kier alpha value is -0.720. The first-order valence-corrected chi connectivity index (χ1v) is 11.9. The van der Waals surface area contributed by atoms with Gasteiger partial charge in [0.05, 0.1) is 25.4 Å². The lowest BCUT2D eigenvalue weighted by Gasteiger charge is -2.26. The summed E-state index contributed by atoms with van der Waals surface area (Å²) in [7, 11) is 0. The quantitative estimate of drug-likeness (QED) is 0.344. The molecule has 3 N–H and O–H groups in total. The summed E-state index contributed by atoms with van der Waals surface area (Å²) in [6.45, 7) is 9.25. The van der Waals surface area contributed by atoms with E-state index in [2.05, 4.69) is 29.3 Å². The van der Waals surface area contributed by atoms with Crippen molar-refractivity contribution in [2.75, 3.05) is 45.9 Å². The van der Waals surface area contributed by atoms with Gasteiger partial charge in [0.15, 0.2) is 0 Å². The molecule has 29 heavy (non-hydrogen) atoms. The van der Waals surface area contributed by atoms with Crippen LogP contribution in [-0.2, 0) is 4.74 Å². The second-order valence-electron chi connectivity index (χ2n) is 9.17. The number of hydrogen-bond acceptors (Lipinski definition) is 5. The number of aliphatic hydroxyl groups is 2. The molecule has 0 unspecified atom stereocenters. The lowest BCUT2D eigenvalue weighted by atomic mass is 9.89. The van der Waals surface area contributed by atoms with Gasteiger partial charge in [-0.2, -0.15) is 0 Å². The molecule has 5 heteroatoms. The van der Waals surface area contributed by atoms with Crippen molar-refractivity contribution in [1.29, 1.82) is 0 Å². The van der Waals surface area contributed by atoms with Gasteiger partial charge in [-0.3, -0.25) is 4.90 Å². The van der Waals surface area contributed by atoms with Crippen LogP contribution in [0.15, 0.2) is 23.8 Å². The molecule has 0 aromatic rings. The lowest BCUT2D eigenvalue weighted by molar-refractivity contribution is 0.0375. The number of morpholine rings is 1. The van der Waals surface area contributed by atoms with Crippen LogP contribution in [0.2, 0.25) is 0 Å². The number of unbranched alkanes of at least 4 members (excludes halogenated alkanes) is 2. The first-order chi connectivity index (χ1) is 14.2. The van der Waals surface area contributed by atoms with Crippen LogP contribution in [0.3, 0.4) is 0 Å². The smallest absolute Gasteiger partial charge is 0.0721 e. The van der Waals surface area contributed by atoms with Gasteiger partial charge in [-0.05, 0) is 50.6 Å². The van der Waals surface area contributed by atoms with Gasteiger partial charge < -0.3 is 20.3 Å². The highest BCUT2D eigenvalue weighted by atomic mass is 16.5. The summed E-state index contributed by atoms with van der Waals surface area (Å²) < 4.78 is 5.40. The van der Waals surface area contributed by atoms with Crippen LogP contribution in [0, 0.1) is 17.8 Å². The van der Waals surface area contributed by atoms with Crippen molar-refractivity contribution in [3.63, 3.8) is 0 Å². The Morgan fingerprint density at radius 1 is 1.28 bits per heavy atom. The van der Waals surface area contributed by atoms with Crippen LogP contribution in [0.4, 0.5) is 0 Å². The third kappa shape index (κ3) is 7.18. The second kappa shape index (κ2) is 12.2. The SMILES string of the molecule is CCCCC[C@H](O)/C=C/[C@@H]1[C@H]2CC(CNCCCN3CCOCC3)=C[C@H]2C[C@H]1O. The predicted molar refractivity (Wildman–Crippen MR) is 118 cm³/mol. The molecule has 0 radical (unpaired) electrons. The van der Waals surface area contributed by atoms with Crippen molar-refractivity contribution in [3.05, 3.63) is 23.8 Å². The average molecular weight is 407 g/mol. The van der Waals surface area contributed by atoms with E-state index < -0.39 is 0 Å². The van der Waals surface area contributed by atoms with Crippen molar-refractivity contribution in [2.24, 2.45) is 17.8 Å². The topological polar surface area (TPSA) is 65.0 Å². The molecule has 0 spiro atoms. The molecule has 5 atom stereocenters. The maximum absolute atomic E-state index is 10.5. The van der Waals surface area contributed by atoms with Crippen molar-refractivity contribution in [2.45, 2.75) is 64.1 Å². The van der Waals surface area contributed by atoms with Gasteiger partial charge in [0, 0.05) is 25.6 Å². The highest BCUT2D eigenvalue weighted by molar-refractivity contribution is 5.21. The maximum atomic E-state index is 10.5. The van der Waals surface area contributed by atoms with Gasteiger partial charge in [-0.15, -0.1) is 0 Å². The average Bonchev–Trinajstić information content (AvgIpc) is 3.23. The normalized spacial score (nSPS) is 31.3. The summed E-state index contributed by atoms with van der Waals surface area (Å²) in [5, 5.41) is 24.3. The number of ether oxygens (including phenoxy) is 1. The highest BCUT2D eigenvalue weighted by Gasteiger charge is 2.43. The first kappa shape index (κ1) is 23.0. The number of nitrogens with zero attached hydrogens (tertiary/aromatic N) is 1. The van der Waals surface area contributed by atoms with E-state index in [1.54, 1.807) is 0 Å². The summed E-state index contributed by atoms with van der Waals surface area (Å²) in [5.74, 6) is 1.20. The molecule has 0 amide bonds. The Morgan fingerprint density at radius 2 is 2.10 bits per heavy atom. The monoisotopic (exact) mass is 406 g/mol. The van der Waals surface area contributed by atoms with Crippen LogP contribution < -0.4 is 5.32 Å². The molecule has 2 aliphatic carbocycles. The molecule has 0 bridgehead atoms. The maximum Gasteiger partial charge on any atom is 0.0721 e. The highest BCUT2D eigenvalue weighted by Crippen LogP contribution is 2.47. The third-order valence-electron chi connectivity index (χ3n) is 6.89. The standard InChI is InChI=1S/C24H42N2O3/c1-2-3-4-6-21(27)7-8-22-23-16-19(15-20(23)17-24(22)28)18-25-9-5-10-26-11-13-29-14-12-26/h7-8,15,20-25,27-28H,2-6,9-14,16-18H2,1H3/b8-7+/t20-,21-,22+,23-,24+/m0/s1. The molecule has 1 heterocycles. The minimum Gasteiger partial charge on any atom is -0.392 e. The zero-order valence-corrected chi connectivity index (χ0v) is 18.3. The van der Waals surface area contributed by atoms with E-state index in [-0.39, 0.29) is 18.1 Å². The minimum absolute atomic E-state index is 0.191. The first-order valence-electron chi connectivity index (χ1n) is 11.9. The predicted octanol–water partition coefficient (Wildman–Crippen LogP) is 2.74. The number of aliphatic hydroxyl groups excluding tert-OH is 2. The molecule has 1 saturated heterocycles. The molecule has 3 aliphatic rings. The zero-order chi connectivity index (χ0) is 20.5. The van der Waals surface area contributed by atoms with E-state index in [1.165, 1.54) is 24.8 Å². The number of fused-ring (bicyclic) bond motifs is 1. The number of allylic oxidation sites excluding steroid dienone is 1. The van der Waals surface area contributed by atoms with E-state index in [9.17, 15) is 10.2 Å². The largest absolute Gasteiger partial charge is 0.392 e. The van der Waals surface area contributed by atoms with E-state index >= 15 is 0 Å². The van der Waals surface area contributed by atoms with Crippen LogP contribution in [0.1, 0.15) is 51.9 Å². The summed E-state index contributed by atoms with van der Waals surface area (Å²) in [6.07, 6.45) is 13.2. The molecule has 1 aliphatic heterocycles. The van der Waals surface area contributed by atoms with Crippen LogP contribution >= 0.6 is 0 Å². The second-order valence-corrected chi connectivity index (χ2v) is 9.17. The van der Waals surface area contributed by atoms with E-state index in [1.807, 2.05) is 6.08 Å². The van der Waals surface area contributed by atoms with Crippen LogP contribution in [-0.4, -0.2) is 73.3 Å². The molecule has 0 aromatic carbocycles. The molecular formula is C24H42N2O3. The Morgan fingerprint density at radius 3 is 2.90 bits per heavy atom. The summed E-state index contributed by atoms with van der Waals surface area (Å²) >= 11 is 0. The zero-order valence-electron chi connectivity index (χ0n) is 18.3.